The molecule has 0 radical (unpaired) electrons. The Kier molecular flexibility index (Phi) is 11.5. The number of hydrogen-bond acceptors (Lipinski definition) is 5. The van der Waals surface area contributed by atoms with Gasteiger partial charge in [-0.25, -0.2) is 0 Å². The third-order valence-electron chi connectivity index (χ3n) is 8.74. The molecule has 46 heavy (non-hydrogen) atoms. The molecule has 2 saturated heterocycles. The Hall–Kier alpha value is -3.69. The van der Waals surface area contributed by atoms with Gasteiger partial charge in [0.2, 0.25) is 0 Å². The Morgan fingerprint density at radius 3 is 1.74 bits per heavy atom. The van der Waals surface area contributed by atoms with Crippen LogP contribution in [0.25, 0.3) is 0 Å². The normalized spacial score (nSPS) is 19.5. The van der Waals surface area contributed by atoms with Gasteiger partial charge in [-0.15, -0.1) is 0 Å². The number of carbonyl (C=O) groups is 2. The number of aliphatic hydroxyl groups is 2. The molecule has 4 aromatic rings. The number of halogens is 2. The number of rotatable bonds is 6. The number of hydrogen-bond donors (Lipinski definition) is 2. The topological polar surface area (TPSA) is 98.9 Å². The van der Waals surface area contributed by atoms with E-state index in [0.29, 0.717) is 46.5 Å². The minimum absolute atomic E-state index is 0.0142. The summed E-state index contributed by atoms with van der Waals surface area (Å²) in [6, 6.07) is 25.3. The maximum absolute atomic E-state index is 12.6. The van der Waals surface area contributed by atoms with Gasteiger partial charge in [-0.2, -0.15) is 5.10 Å². The molecule has 0 spiro atoms. The molecule has 10 heteroatoms. The van der Waals surface area contributed by atoms with Crippen molar-refractivity contribution in [2.24, 2.45) is 18.9 Å². The number of benzene rings is 3. The number of aromatic nitrogens is 2. The van der Waals surface area contributed by atoms with Crippen molar-refractivity contribution in [3.05, 3.63) is 124 Å². The second-order valence-electron chi connectivity index (χ2n) is 12.0. The van der Waals surface area contributed by atoms with Gasteiger partial charge >= 0.3 is 0 Å². The van der Waals surface area contributed by atoms with Gasteiger partial charge in [0, 0.05) is 72.4 Å². The number of carbonyl (C=O) groups excluding carboxylic acids is 2. The molecule has 1 aromatic heterocycles. The zero-order valence-corrected chi connectivity index (χ0v) is 27.4. The average Bonchev–Trinajstić information content (AvgIpc) is 3.54. The minimum Gasteiger partial charge on any atom is -0.388 e. The second-order valence-corrected chi connectivity index (χ2v) is 12.9. The van der Waals surface area contributed by atoms with Gasteiger partial charge in [-0.1, -0.05) is 53.5 Å². The highest BCUT2D eigenvalue weighted by Crippen LogP contribution is 2.32. The Morgan fingerprint density at radius 2 is 1.22 bits per heavy atom. The highest BCUT2D eigenvalue weighted by molar-refractivity contribution is 6.30. The van der Waals surface area contributed by atoms with Crippen LogP contribution in [0, 0.1) is 11.8 Å². The molecular weight excluding hydrogens is 623 g/mol. The Bertz CT molecular complexity index is 1580. The number of likely N-dealkylation sites (tertiary alicyclic amines) is 2. The highest BCUT2D eigenvalue weighted by atomic mass is 35.5. The van der Waals surface area contributed by atoms with Gasteiger partial charge in [-0.3, -0.25) is 14.3 Å². The van der Waals surface area contributed by atoms with Crippen LogP contribution in [0.4, 0.5) is 0 Å². The summed E-state index contributed by atoms with van der Waals surface area (Å²) in [5.41, 5.74) is 2.85. The zero-order chi connectivity index (χ0) is 32.6. The summed E-state index contributed by atoms with van der Waals surface area (Å²) < 4.78 is 1.69. The lowest BCUT2D eigenvalue weighted by Crippen LogP contribution is -2.41. The predicted molar refractivity (Wildman–Crippen MR) is 180 cm³/mol. The maximum atomic E-state index is 12.6. The number of piperidine rings is 2. The molecule has 3 aromatic carbocycles. The Balaban J connectivity index is 0.000000182. The van der Waals surface area contributed by atoms with Gasteiger partial charge in [0.05, 0.1) is 11.8 Å². The van der Waals surface area contributed by atoms with Crippen LogP contribution >= 0.6 is 23.2 Å². The van der Waals surface area contributed by atoms with Crippen molar-refractivity contribution in [2.75, 3.05) is 26.2 Å². The first kappa shape index (κ1) is 33.7. The monoisotopic (exact) mass is 662 g/mol. The first-order valence-electron chi connectivity index (χ1n) is 15.7. The lowest BCUT2D eigenvalue weighted by atomic mass is 9.88. The van der Waals surface area contributed by atoms with E-state index in [9.17, 15) is 19.8 Å². The van der Waals surface area contributed by atoms with Gasteiger partial charge in [0.1, 0.15) is 6.10 Å². The molecule has 0 aliphatic carbocycles. The van der Waals surface area contributed by atoms with Crippen LogP contribution in [0.2, 0.25) is 10.0 Å². The van der Waals surface area contributed by atoms with Gasteiger partial charge < -0.3 is 20.0 Å². The third-order valence-corrected chi connectivity index (χ3v) is 9.25. The third kappa shape index (κ3) is 8.56. The van der Waals surface area contributed by atoms with Crippen molar-refractivity contribution < 1.29 is 19.8 Å². The summed E-state index contributed by atoms with van der Waals surface area (Å²) in [5.74, 6) is 0.0886. The number of nitrogens with zero attached hydrogens (tertiary/aromatic N) is 4. The number of aryl methyl sites for hydroxylation is 1. The summed E-state index contributed by atoms with van der Waals surface area (Å²) in [7, 11) is 1.84. The Morgan fingerprint density at radius 1 is 0.717 bits per heavy atom. The van der Waals surface area contributed by atoms with E-state index in [1.807, 2.05) is 71.6 Å². The lowest BCUT2D eigenvalue weighted by molar-refractivity contribution is 0.0381. The molecule has 4 unspecified atom stereocenters. The minimum atomic E-state index is -0.618. The molecular formula is C36H40Cl2N4O4. The van der Waals surface area contributed by atoms with Crippen LogP contribution < -0.4 is 0 Å². The van der Waals surface area contributed by atoms with Crippen LogP contribution in [0.5, 0.6) is 0 Å². The number of amides is 2. The molecule has 2 amide bonds. The molecule has 3 heterocycles. The zero-order valence-electron chi connectivity index (χ0n) is 25.9. The summed E-state index contributed by atoms with van der Waals surface area (Å²) >= 11 is 11.8. The predicted octanol–water partition coefficient (Wildman–Crippen LogP) is 6.59. The standard InChI is InChI=1S/C19H19Cl2NO2.C17H21N3O2/c20-16-7-3-13(4-8-16)18(23)15-2-1-11-22(12-15)19(24)14-5-9-17(21)10-6-14;1-19-11-9-15(18-19)16(21)14-8-5-10-20(12-14)17(22)13-6-3-2-4-7-13/h3-10,15,18,23H,1-2,11-12H2;2-4,6-7,9,11,14,16,21H,5,8,10,12H2,1H3. The van der Waals surface area contributed by atoms with E-state index in [4.69, 9.17) is 23.2 Å². The fourth-order valence-corrected chi connectivity index (χ4v) is 6.46. The molecule has 2 fully saturated rings. The highest BCUT2D eigenvalue weighted by Gasteiger charge is 2.31. The van der Waals surface area contributed by atoms with Crippen LogP contribution in [0.3, 0.4) is 0 Å². The van der Waals surface area contributed by atoms with E-state index in [2.05, 4.69) is 5.10 Å². The van der Waals surface area contributed by atoms with E-state index >= 15 is 0 Å². The summed E-state index contributed by atoms with van der Waals surface area (Å²) in [6.07, 6.45) is 4.22. The molecule has 2 aliphatic heterocycles. The van der Waals surface area contributed by atoms with Crippen molar-refractivity contribution in [2.45, 2.75) is 37.9 Å². The van der Waals surface area contributed by atoms with Gasteiger partial charge in [0.25, 0.3) is 11.8 Å². The van der Waals surface area contributed by atoms with Gasteiger partial charge in [-0.05, 0) is 85.8 Å². The fraction of sp³-hybridized carbons (Fsp3) is 0.361. The van der Waals surface area contributed by atoms with E-state index < -0.39 is 12.2 Å². The second kappa shape index (κ2) is 15.7. The quantitative estimate of drug-likeness (QED) is 0.243. The molecule has 8 nitrogen and oxygen atoms in total. The summed E-state index contributed by atoms with van der Waals surface area (Å²) in [4.78, 5) is 28.8. The molecule has 2 aliphatic rings. The molecule has 4 atom stereocenters. The SMILES string of the molecule is Cn1ccc(C(O)C2CCCN(C(=O)c3ccccc3)C2)n1.O=C(c1ccc(Cl)cc1)N1CCCC(C(O)c2ccc(Cl)cc2)C1. The first-order chi connectivity index (χ1) is 22.2. The van der Waals surface area contributed by atoms with Gasteiger partial charge in [0.15, 0.2) is 0 Å². The smallest absolute Gasteiger partial charge is 0.253 e. The maximum Gasteiger partial charge on any atom is 0.253 e. The average molecular weight is 664 g/mol. The Labute approximate surface area is 280 Å². The molecule has 0 bridgehead atoms. The lowest BCUT2D eigenvalue weighted by Gasteiger charge is -2.35. The van der Waals surface area contributed by atoms with Crippen molar-refractivity contribution in [3.8, 4) is 0 Å². The van der Waals surface area contributed by atoms with Crippen LogP contribution in [-0.4, -0.2) is 67.8 Å². The van der Waals surface area contributed by atoms with E-state index in [1.165, 1.54) is 0 Å². The largest absolute Gasteiger partial charge is 0.388 e. The molecule has 6 rings (SSSR count). The van der Waals surface area contributed by atoms with E-state index in [0.717, 1.165) is 37.8 Å². The van der Waals surface area contributed by atoms with Crippen molar-refractivity contribution in [1.82, 2.24) is 19.6 Å². The molecule has 0 saturated carbocycles. The van der Waals surface area contributed by atoms with Crippen molar-refractivity contribution in [3.63, 3.8) is 0 Å². The fourth-order valence-electron chi connectivity index (χ4n) is 6.21. The first-order valence-corrected chi connectivity index (χ1v) is 16.5. The van der Waals surface area contributed by atoms with Crippen LogP contribution in [-0.2, 0) is 7.05 Å². The van der Waals surface area contributed by atoms with Crippen molar-refractivity contribution >= 4 is 35.0 Å². The molecule has 242 valence electrons. The molecule has 2 N–H and O–H groups in total. The van der Waals surface area contributed by atoms with E-state index in [-0.39, 0.29) is 23.7 Å². The van der Waals surface area contributed by atoms with Crippen LogP contribution in [0.15, 0.2) is 91.1 Å². The summed E-state index contributed by atoms with van der Waals surface area (Å²) in [6.45, 7) is 2.58. The summed E-state index contributed by atoms with van der Waals surface area (Å²) in [5, 5.41) is 26.7. The van der Waals surface area contributed by atoms with Crippen LogP contribution in [0.1, 0.15) is 69.9 Å². The van der Waals surface area contributed by atoms with Crippen molar-refractivity contribution in [1.29, 1.82) is 0 Å². The number of aliphatic hydroxyl groups excluding tert-OH is 2. The van der Waals surface area contributed by atoms with E-state index in [1.54, 1.807) is 41.1 Å².